The fraction of sp³-hybridized carbons (Fsp3) is 0.231. The van der Waals surface area contributed by atoms with E-state index in [1.807, 2.05) is 38.2 Å². The number of hydrogen-bond acceptors (Lipinski definition) is 3. The van der Waals surface area contributed by atoms with E-state index in [2.05, 4.69) is 10.4 Å². The predicted molar refractivity (Wildman–Crippen MR) is 70.0 cm³/mol. The summed E-state index contributed by atoms with van der Waals surface area (Å²) in [5.74, 6) is -0.113. The Hall–Kier alpha value is -2.30. The quantitative estimate of drug-likeness (QED) is 0.798. The summed E-state index contributed by atoms with van der Waals surface area (Å²) in [7, 11) is 1.81. The van der Waals surface area contributed by atoms with Gasteiger partial charge in [0.15, 0.2) is 0 Å². The van der Waals surface area contributed by atoms with Gasteiger partial charge in [0, 0.05) is 25.0 Å². The van der Waals surface area contributed by atoms with Crippen LogP contribution in [0.2, 0.25) is 0 Å². The van der Waals surface area contributed by atoms with E-state index >= 15 is 0 Å². The van der Waals surface area contributed by atoms with Crippen LogP contribution < -0.4 is 11.1 Å². The maximum absolute atomic E-state index is 11.9. The molecule has 1 amide bonds. The van der Waals surface area contributed by atoms with Crippen LogP contribution in [0.15, 0.2) is 30.5 Å². The molecule has 1 heterocycles. The highest BCUT2D eigenvalue weighted by Crippen LogP contribution is 2.07. The molecular weight excluding hydrogens is 228 g/mol. The lowest BCUT2D eigenvalue weighted by molar-refractivity contribution is 0.0950. The van der Waals surface area contributed by atoms with Gasteiger partial charge in [-0.25, -0.2) is 0 Å². The highest BCUT2D eigenvalue weighted by Gasteiger charge is 2.11. The Kier molecular flexibility index (Phi) is 3.32. The molecule has 94 valence electrons. The summed E-state index contributed by atoms with van der Waals surface area (Å²) in [5.41, 5.74) is 8.78. The third kappa shape index (κ3) is 2.51. The first-order valence-electron chi connectivity index (χ1n) is 5.69. The number of carbonyl (C=O) groups is 1. The van der Waals surface area contributed by atoms with Gasteiger partial charge < -0.3 is 11.1 Å². The highest BCUT2D eigenvalue weighted by atomic mass is 16.1. The van der Waals surface area contributed by atoms with E-state index in [1.165, 1.54) is 0 Å². The molecule has 0 saturated heterocycles. The lowest BCUT2D eigenvalue weighted by Gasteiger charge is -2.05. The molecule has 0 unspecified atom stereocenters. The number of nitrogens with one attached hydrogen (secondary N) is 1. The van der Waals surface area contributed by atoms with Crippen LogP contribution in [-0.4, -0.2) is 15.7 Å². The molecule has 0 fully saturated rings. The van der Waals surface area contributed by atoms with Crippen molar-refractivity contribution in [1.29, 1.82) is 0 Å². The lowest BCUT2D eigenvalue weighted by atomic mass is 10.2. The average molecular weight is 244 g/mol. The third-order valence-corrected chi connectivity index (χ3v) is 2.91. The van der Waals surface area contributed by atoms with Gasteiger partial charge in [0.25, 0.3) is 5.91 Å². The Balaban J connectivity index is 2.00. The molecule has 0 aliphatic carbocycles. The van der Waals surface area contributed by atoms with Crippen molar-refractivity contribution >= 4 is 11.6 Å². The monoisotopic (exact) mass is 244 g/mol. The SMILES string of the molecule is Cc1c(C(=O)NCc2ccc(N)cc2)cnn1C. The molecule has 0 saturated carbocycles. The Labute approximate surface area is 106 Å². The van der Waals surface area contributed by atoms with E-state index < -0.39 is 0 Å². The Morgan fingerprint density at radius 1 is 1.39 bits per heavy atom. The van der Waals surface area contributed by atoms with Gasteiger partial charge in [-0.1, -0.05) is 12.1 Å². The van der Waals surface area contributed by atoms with Gasteiger partial charge in [0.2, 0.25) is 0 Å². The summed E-state index contributed by atoms with van der Waals surface area (Å²) >= 11 is 0. The van der Waals surface area contributed by atoms with Crippen LogP contribution in [0, 0.1) is 6.92 Å². The van der Waals surface area contributed by atoms with Gasteiger partial charge in [0.1, 0.15) is 0 Å². The molecule has 0 bridgehead atoms. The van der Waals surface area contributed by atoms with Gasteiger partial charge >= 0.3 is 0 Å². The Morgan fingerprint density at radius 3 is 2.61 bits per heavy atom. The minimum atomic E-state index is -0.113. The minimum absolute atomic E-state index is 0.113. The summed E-state index contributed by atoms with van der Waals surface area (Å²) in [6.07, 6.45) is 1.58. The number of amides is 1. The van der Waals surface area contributed by atoms with Crippen LogP contribution in [0.5, 0.6) is 0 Å². The number of nitrogen functional groups attached to an aromatic ring is 1. The molecule has 2 aromatic rings. The summed E-state index contributed by atoms with van der Waals surface area (Å²) < 4.78 is 1.68. The first-order chi connectivity index (χ1) is 8.58. The molecule has 18 heavy (non-hydrogen) atoms. The van der Waals surface area contributed by atoms with Crippen molar-refractivity contribution in [2.75, 3.05) is 5.73 Å². The van der Waals surface area contributed by atoms with E-state index in [0.717, 1.165) is 11.3 Å². The topological polar surface area (TPSA) is 72.9 Å². The molecule has 0 spiro atoms. The van der Waals surface area contributed by atoms with Crippen LogP contribution >= 0.6 is 0 Å². The minimum Gasteiger partial charge on any atom is -0.399 e. The van der Waals surface area contributed by atoms with Crippen molar-refractivity contribution < 1.29 is 4.79 Å². The normalized spacial score (nSPS) is 10.3. The number of aryl methyl sites for hydroxylation is 1. The van der Waals surface area contributed by atoms with Crippen molar-refractivity contribution in [3.05, 3.63) is 47.3 Å². The molecule has 0 atom stereocenters. The number of carbonyl (C=O) groups excluding carboxylic acids is 1. The third-order valence-electron chi connectivity index (χ3n) is 2.91. The standard InChI is InChI=1S/C13H16N4O/c1-9-12(8-16-17(9)2)13(18)15-7-10-3-5-11(14)6-4-10/h3-6,8H,7,14H2,1-2H3,(H,15,18). The zero-order valence-electron chi connectivity index (χ0n) is 10.5. The van der Waals surface area contributed by atoms with E-state index in [-0.39, 0.29) is 5.91 Å². The van der Waals surface area contributed by atoms with Crippen LogP contribution in [0.25, 0.3) is 0 Å². The zero-order chi connectivity index (χ0) is 13.1. The smallest absolute Gasteiger partial charge is 0.255 e. The van der Waals surface area contributed by atoms with E-state index in [4.69, 9.17) is 5.73 Å². The van der Waals surface area contributed by atoms with E-state index in [1.54, 1.807) is 10.9 Å². The summed E-state index contributed by atoms with van der Waals surface area (Å²) in [4.78, 5) is 11.9. The molecule has 3 N–H and O–H groups in total. The molecular formula is C13H16N4O. The van der Waals surface area contributed by atoms with E-state index in [9.17, 15) is 4.79 Å². The van der Waals surface area contributed by atoms with Gasteiger partial charge in [-0.05, 0) is 24.6 Å². The van der Waals surface area contributed by atoms with Crippen LogP contribution in [-0.2, 0) is 13.6 Å². The largest absolute Gasteiger partial charge is 0.399 e. The second-order valence-corrected chi connectivity index (χ2v) is 4.19. The van der Waals surface area contributed by atoms with Gasteiger partial charge in [-0.15, -0.1) is 0 Å². The molecule has 1 aromatic carbocycles. The average Bonchev–Trinajstić information content (AvgIpc) is 2.69. The number of aromatic nitrogens is 2. The molecule has 5 heteroatoms. The van der Waals surface area contributed by atoms with Crippen LogP contribution in [0.1, 0.15) is 21.6 Å². The number of nitrogens with two attached hydrogens (primary N) is 1. The highest BCUT2D eigenvalue weighted by molar-refractivity contribution is 5.94. The van der Waals surface area contributed by atoms with Crippen molar-refractivity contribution in [3.8, 4) is 0 Å². The van der Waals surface area contributed by atoms with Crippen molar-refractivity contribution in [3.63, 3.8) is 0 Å². The van der Waals surface area contributed by atoms with Gasteiger partial charge in [-0.2, -0.15) is 5.10 Å². The first-order valence-corrected chi connectivity index (χ1v) is 5.69. The Morgan fingerprint density at radius 2 is 2.06 bits per heavy atom. The summed E-state index contributed by atoms with van der Waals surface area (Å²) in [6, 6.07) is 7.42. The summed E-state index contributed by atoms with van der Waals surface area (Å²) in [6.45, 7) is 2.35. The van der Waals surface area contributed by atoms with Crippen molar-refractivity contribution in [2.45, 2.75) is 13.5 Å². The number of rotatable bonds is 3. The molecule has 0 aliphatic rings. The molecule has 1 aromatic heterocycles. The number of hydrogen-bond donors (Lipinski definition) is 2. The maximum atomic E-state index is 11.9. The first kappa shape index (κ1) is 12.2. The van der Waals surface area contributed by atoms with Crippen LogP contribution in [0.3, 0.4) is 0 Å². The van der Waals surface area contributed by atoms with Crippen molar-refractivity contribution in [2.24, 2.45) is 7.05 Å². The molecule has 2 rings (SSSR count). The van der Waals surface area contributed by atoms with Crippen molar-refractivity contribution in [1.82, 2.24) is 15.1 Å². The van der Waals surface area contributed by atoms with E-state index in [0.29, 0.717) is 17.8 Å². The molecule has 5 nitrogen and oxygen atoms in total. The van der Waals surface area contributed by atoms with Crippen LogP contribution in [0.4, 0.5) is 5.69 Å². The second kappa shape index (κ2) is 4.91. The lowest BCUT2D eigenvalue weighted by Crippen LogP contribution is -2.23. The Bertz CT molecular complexity index is 557. The van der Waals surface area contributed by atoms with Gasteiger partial charge in [-0.3, -0.25) is 9.48 Å². The number of anilines is 1. The predicted octanol–water partition coefficient (Wildman–Crippen LogP) is 1.24. The second-order valence-electron chi connectivity index (χ2n) is 4.19. The summed E-state index contributed by atoms with van der Waals surface area (Å²) in [5, 5.41) is 6.90. The molecule has 0 radical (unpaired) electrons. The number of nitrogens with zero attached hydrogens (tertiary/aromatic N) is 2. The fourth-order valence-electron chi connectivity index (χ4n) is 1.63. The molecule has 0 aliphatic heterocycles. The van der Waals surface area contributed by atoms with Gasteiger partial charge in [0.05, 0.1) is 11.8 Å². The maximum Gasteiger partial charge on any atom is 0.255 e. The fourth-order valence-corrected chi connectivity index (χ4v) is 1.63. The zero-order valence-corrected chi connectivity index (χ0v) is 10.5. The number of benzene rings is 1.